The summed E-state index contributed by atoms with van der Waals surface area (Å²) >= 11 is 0. The normalized spacial score (nSPS) is 10.7. The molecule has 1 aromatic rings. The zero-order chi connectivity index (χ0) is 14.0. The first kappa shape index (κ1) is 13.9. The van der Waals surface area contributed by atoms with Crippen LogP contribution in [0.5, 0.6) is 0 Å². The lowest BCUT2D eigenvalue weighted by Gasteiger charge is -2.25. The molecular weight excluding hydrogens is 240 g/mol. The SMILES string of the molecule is Cc1nn(C)c(N(CC(=O)O)C(C)C)c1[N+](=O)[O-]. The third-order valence-corrected chi connectivity index (χ3v) is 2.54. The van der Waals surface area contributed by atoms with E-state index in [1.165, 1.54) is 16.5 Å². The number of carbonyl (C=O) groups is 1. The summed E-state index contributed by atoms with van der Waals surface area (Å²) < 4.78 is 1.34. The number of anilines is 1. The topological polar surface area (TPSA) is 102 Å². The van der Waals surface area contributed by atoms with E-state index in [9.17, 15) is 14.9 Å². The number of hydrogen-bond donors (Lipinski definition) is 1. The van der Waals surface area contributed by atoms with Gasteiger partial charge < -0.3 is 10.0 Å². The first-order chi connectivity index (χ1) is 8.25. The van der Waals surface area contributed by atoms with Gasteiger partial charge in [-0.2, -0.15) is 5.10 Å². The summed E-state index contributed by atoms with van der Waals surface area (Å²) in [6, 6.07) is -0.186. The number of nitrogens with zero attached hydrogens (tertiary/aromatic N) is 4. The molecule has 8 heteroatoms. The molecule has 0 unspecified atom stereocenters. The predicted molar refractivity (Wildman–Crippen MR) is 64.7 cm³/mol. The first-order valence-electron chi connectivity index (χ1n) is 5.42. The molecule has 1 aromatic heterocycles. The van der Waals surface area contributed by atoms with E-state index < -0.39 is 10.9 Å². The van der Waals surface area contributed by atoms with Crippen LogP contribution in [0.4, 0.5) is 11.5 Å². The average molecular weight is 256 g/mol. The average Bonchev–Trinajstić information content (AvgIpc) is 2.49. The van der Waals surface area contributed by atoms with Gasteiger partial charge in [-0.05, 0) is 20.8 Å². The van der Waals surface area contributed by atoms with E-state index in [0.717, 1.165) is 0 Å². The highest BCUT2D eigenvalue weighted by atomic mass is 16.6. The van der Waals surface area contributed by atoms with Gasteiger partial charge in [-0.15, -0.1) is 0 Å². The molecule has 0 amide bonds. The second-order valence-corrected chi connectivity index (χ2v) is 4.25. The maximum atomic E-state index is 11.0. The number of hydrogen-bond acceptors (Lipinski definition) is 5. The summed E-state index contributed by atoms with van der Waals surface area (Å²) in [7, 11) is 1.56. The Kier molecular flexibility index (Phi) is 3.89. The molecule has 8 nitrogen and oxygen atoms in total. The summed E-state index contributed by atoms with van der Waals surface area (Å²) in [5, 5.41) is 23.9. The Labute approximate surface area is 104 Å². The van der Waals surface area contributed by atoms with Gasteiger partial charge in [-0.3, -0.25) is 14.9 Å². The highest BCUT2D eigenvalue weighted by molar-refractivity contribution is 5.75. The van der Waals surface area contributed by atoms with Gasteiger partial charge in [-0.1, -0.05) is 0 Å². The van der Waals surface area contributed by atoms with Crippen LogP contribution in [0.25, 0.3) is 0 Å². The molecule has 0 aliphatic rings. The number of aliphatic carboxylic acids is 1. The molecule has 1 N–H and O–H groups in total. The Hall–Kier alpha value is -2.12. The Balaban J connectivity index is 3.35. The molecule has 18 heavy (non-hydrogen) atoms. The van der Waals surface area contributed by atoms with E-state index in [-0.39, 0.29) is 29.8 Å². The summed E-state index contributed by atoms with van der Waals surface area (Å²) in [4.78, 5) is 22.8. The van der Waals surface area contributed by atoms with Crippen LogP contribution in [-0.2, 0) is 11.8 Å². The molecule has 0 atom stereocenters. The minimum atomic E-state index is -1.04. The minimum absolute atomic E-state index is 0.146. The number of carboxylic acid groups (broad SMARTS) is 1. The highest BCUT2D eigenvalue weighted by Crippen LogP contribution is 2.31. The van der Waals surface area contributed by atoms with Crippen molar-refractivity contribution in [1.29, 1.82) is 0 Å². The fourth-order valence-corrected chi connectivity index (χ4v) is 1.82. The molecule has 0 spiro atoms. The van der Waals surface area contributed by atoms with E-state index in [0.29, 0.717) is 0 Å². The summed E-state index contributed by atoms with van der Waals surface area (Å²) in [6.07, 6.45) is 0. The third-order valence-electron chi connectivity index (χ3n) is 2.54. The van der Waals surface area contributed by atoms with E-state index in [1.807, 2.05) is 0 Å². The van der Waals surface area contributed by atoms with E-state index in [2.05, 4.69) is 5.10 Å². The lowest BCUT2D eigenvalue weighted by molar-refractivity contribution is -0.384. The Morgan fingerprint density at radius 3 is 2.56 bits per heavy atom. The van der Waals surface area contributed by atoms with Crippen LogP contribution < -0.4 is 4.90 Å². The number of carboxylic acids is 1. The second-order valence-electron chi connectivity index (χ2n) is 4.25. The maximum Gasteiger partial charge on any atom is 0.333 e. The molecule has 0 aromatic carbocycles. The molecule has 0 saturated heterocycles. The van der Waals surface area contributed by atoms with Crippen molar-refractivity contribution < 1.29 is 14.8 Å². The molecule has 1 heterocycles. The van der Waals surface area contributed by atoms with Crippen molar-refractivity contribution in [3.63, 3.8) is 0 Å². The van der Waals surface area contributed by atoms with Crippen LogP contribution in [0.3, 0.4) is 0 Å². The van der Waals surface area contributed by atoms with Crippen LogP contribution in [0.15, 0.2) is 0 Å². The van der Waals surface area contributed by atoms with E-state index in [4.69, 9.17) is 5.11 Å². The van der Waals surface area contributed by atoms with Gasteiger partial charge in [0.25, 0.3) is 0 Å². The van der Waals surface area contributed by atoms with Crippen molar-refractivity contribution in [2.45, 2.75) is 26.8 Å². The van der Waals surface area contributed by atoms with Gasteiger partial charge in [0.2, 0.25) is 5.82 Å². The highest BCUT2D eigenvalue weighted by Gasteiger charge is 2.30. The second kappa shape index (κ2) is 5.03. The smallest absolute Gasteiger partial charge is 0.333 e. The maximum absolute atomic E-state index is 11.0. The lowest BCUT2D eigenvalue weighted by atomic mass is 10.2. The Bertz CT molecular complexity index is 480. The monoisotopic (exact) mass is 256 g/mol. The minimum Gasteiger partial charge on any atom is -0.480 e. The van der Waals surface area contributed by atoms with Crippen molar-refractivity contribution >= 4 is 17.5 Å². The molecule has 0 aliphatic carbocycles. The first-order valence-corrected chi connectivity index (χ1v) is 5.42. The zero-order valence-corrected chi connectivity index (χ0v) is 10.7. The van der Waals surface area contributed by atoms with Crippen molar-refractivity contribution in [3.8, 4) is 0 Å². The predicted octanol–water partition coefficient (Wildman–Crippen LogP) is 0.936. The molecule has 0 bridgehead atoms. The molecule has 0 saturated carbocycles. The van der Waals surface area contributed by atoms with Crippen LogP contribution in [0.1, 0.15) is 19.5 Å². The van der Waals surface area contributed by atoms with Crippen molar-refractivity contribution in [2.75, 3.05) is 11.4 Å². The number of nitro groups is 1. The number of rotatable bonds is 5. The van der Waals surface area contributed by atoms with Gasteiger partial charge in [0, 0.05) is 13.1 Å². The molecule has 1 rings (SSSR count). The quantitative estimate of drug-likeness (QED) is 0.621. The fraction of sp³-hybridized carbons (Fsp3) is 0.600. The van der Waals surface area contributed by atoms with Crippen LogP contribution in [0.2, 0.25) is 0 Å². The van der Waals surface area contributed by atoms with Crippen LogP contribution >= 0.6 is 0 Å². The van der Waals surface area contributed by atoms with Gasteiger partial charge in [0.1, 0.15) is 12.2 Å². The molecule has 0 aliphatic heterocycles. The van der Waals surface area contributed by atoms with Crippen molar-refractivity contribution in [3.05, 3.63) is 15.8 Å². The van der Waals surface area contributed by atoms with Gasteiger partial charge in [0.15, 0.2) is 0 Å². The van der Waals surface area contributed by atoms with Gasteiger partial charge in [-0.25, -0.2) is 4.68 Å². The van der Waals surface area contributed by atoms with Crippen molar-refractivity contribution in [2.24, 2.45) is 7.05 Å². The van der Waals surface area contributed by atoms with Gasteiger partial charge in [0.05, 0.1) is 4.92 Å². The summed E-state index contributed by atoms with van der Waals surface area (Å²) in [6.45, 7) is 4.77. The largest absolute Gasteiger partial charge is 0.480 e. The summed E-state index contributed by atoms with van der Waals surface area (Å²) in [5.41, 5.74) is 0.126. The third kappa shape index (κ3) is 2.58. The summed E-state index contributed by atoms with van der Waals surface area (Å²) in [5.74, 6) is -0.827. The van der Waals surface area contributed by atoms with Gasteiger partial charge >= 0.3 is 11.7 Å². The van der Waals surface area contributed by atoms with Crippen molar-refractivity contribution in [1.82, 2.24) is 9.78 Å². The molecular formula is C10H16N4O4. The van der Waals surface area contributed by atoms with Crippen LogP contribution in [-0.4, -0.2) is 38.4 Å². The lowest BCUT2D eigenvalue weighted by Crippen LogP contribution is -2.37. The Morgan fingerprint density at radius 2 is 2.17 bits per heavy atom. The number of aryl methyl sites for hydroxylation is 2. The molecule has 0 fully saturated rings. The van der Waals surface area contributed by atoms with Crippen LogP contribution in [0, 0.1) is 17.0 Å². The zero-order valence-electron chi connectivity index (χ0n) is 10.7. The van der Waals surface area contributed by atoms with E-state index in [1.54, 1.807) is 20.9 Å². The molecule has 100 valence electrons. The molecule has 0 radical (unpaired) electrons. The Morgan fingerprint density at radius 1 is 1.61 bits per heavy atom. The standard InChI is InChI=1S/C10H16N4O4/c1-6(2)13(5-8(15)16)10-9(14(17)18)7(3)11-12(10)4/h6H,5H2,1-4H3,(H,15,16). The fourth-order valence-electron chi connectivity index (χ4n) is 1.82. The number of aromatic nitrogens is 2. The van der Waals surface area contributed by atoms with E-state index >= 15 is 0 Å².